The monoisotopic (exact) mass is 388 g/mol. The Morgan fingerprint density at radius 3 is 2.41 bits per heavy atom. The van der Waals surface area contributed by atoms with Crippen LogP contribution in [0, 0.1) is 0 Å². The van der Waals surface area contributed by atoms with E-state index in [-0.39, 0.29) is 18.2 Å². The lowest BCUT2D eigenvalue weighted by atomic mass is 10.1. The molecule has 0 aliphatic heterocycles. The van der Waals surface area contributed by atoms with Crippen molar-refractivity contribution in [3.63, 3.8) is 0 Å². The van der Waals surface area contributed by atoms with Crippen LogP contribution in [0.5, 0.6) is 0 Å². The summed E-state index contributed by atoms with van der Waals surface area (Å²) in [5.74, 6) is -0.341. The summed E-state index contributed by atoms with van der Waals surface area (Å²) >= 11 is 0. The van der Waals surface area contributed by atoms with Crippen LogP contribution in [-0.2, 0) is 17.8 Å². The Labute approximate surface area is 170 Å². The second-order valence-corrected chi connectivity index (χ2v) is 6.88. The normalized spacial score (nSPS) is 10.3. The van der Waals surface area contributed by atoms with Gasteiger partial charge in [0.15, 0.2) is 0 Å². The van der Waals surface area contributed by atoms with Gasteiger partial charge in [-0.25, -0.2) is 0 Å². The summed E-state index contributed by atoms with van der Waals surface area (Å²) in [5.41, 5.74) is 3.71. The van der Waals surface area contributed by atoms with E-state index in [4.69, 9.17) is 0 Å². The van der Waals surface area contributed by atoms with Crippen molar-refractivity contribution < 1.29 is 9.59 Å². The molecule has 0 aliphatic rings. The van der Waals surface area contributed by atoms with Crippen molar-refractivity contribution >= 4 is 23.2 Å². The van der Waals surface area contributed by atoms with Gasteiger partial charge in [-0.05, 0) is 35.4 Å². The molecule has 1 heterocycles. The van der Waals surface area contributed by atoms with Crippen LogP contribution in [0.1, 0.15) is 21.5 Å². The molecule has 2 aromatic carbocycles. The third-order valence-electron chi connectivity index (χ3n) is 4.39. The average molecular weight is 388 g/mol. The van der Waals surface area contributed by atoms with E-state index in [0.29, 0.717) is 17.8 Å². The molecule has 0 atom stereocenters. The lowest BCUT2D eigenvalue weighted by Crippen LogP contribution is -2.26. The largest absolute Gasteiger partial charge is 0.377 e. The molecule has 6 heteroatoms. The van der Waals surface area contributed by atoms with Crippen LogP contribution in [0.4, 0.5) is 11.4 Å². The number of hydrogen-bond donors (Lipinski definition) is 2. The van der Waals surface area contributed by atoms with Crippen molar-refractivity contribution in [3.8, 4) is 0 Å². The van der Waals surface area contributed by atoms with Crippen molar-refractivity contribution in [2.75, 3.05) is 24.3 Å². The molecule has 2 N–H and O–H groups in total. The molecular weight excluding hydrogens is 364 g/mol. The van der Waals surface area contributed by atoms with E-state index >= 15 is 0 Å². The van der Waals surface area contributed by atoms with Gasteiger partial charge in [-0.3, -0.25) is 14.6 Å². The number of pyridine rings is 1. The maximum absolute atomic E-state index is 12.8. The van der Waals surface area contributed by atoms with E-state index in [0.717, 1.165) is 16.8 Å². The Hall–Kier alpha value is -3.67. The predicted molar refractivity (Wildman–Crippen MR) is 115 cm³/mol. The van der Waals surface area contributed by atoms with Crippen molar-refractivity contribution in [2.45, 2.75) is 13.0 Å². The minimum atomic E-state index is -0.211. The van der Waals surface area contributed by atoms with E-state index in [1.807, 2.05) is 67.5 Å². The zero-order valence-corrected chi connectivity index (χ0v) is 16.6. The molecule has 0 aliphatic carbocycles. The summed E-state index contributed by atoms with van der Waals surface area (Å²) in [7, 11) is 3.75. The second kappa shape index (κ2) is 9.50. The van der Waals surface area contributed by atoms with Gasteiger partial charge < -0.3 is 15.5 Å². The fourth-order valence-electron chi connectivity index (χ4n) is 2.95. The Balaban J connectivity index is 1.73. The minimum Gasteiger partial charge on any atom is -0.377 e. The fourth-order valence-corrected chi connectivity index (χ4v) is 2.95. The minimum absolute atomic E-state index is 0.129. The van der Waals surface area contributed by atoms with E-state index < -0.39 is 0 Å². The molecule has 3 rings (SSSR count). The Morgan fingerprint density at radius 1 is 0.966 bits per heavy atom. The number of amides is 2. The highest BCUT2D eigenvalue weighted by molar-refractivity contribution is 6.02. The van der Waals surface area contributed by atoms with Gasteiger partial charge in [-0.2, -0.15) is 0 Å². The number of nitrogens with zero attached hydrogens (tertiary/aromatic N) is 2. The van der Waals surface area contributed by atoms with Gasteiger partial charge in [0.2, 0.25) is 5.91 Å². The molecule has 0 fully saturated rings. The van der Waals surface area contributed by atoms with Gasteiger partial charge >= 0.3 is 0 Å². The Bertz CT molecular complexity index is 973. The van der Waals surface area contributed by atoms with Gasteiger partial charge in [0.05, 0.1) is 12.0 Å². The Morgan fingerprint density at radius 2 is 1.72 bits per heavy atom. The topological polar surface area (TPSA) is 74.3 Å². The second-order valence-electron chi connectivity index (χ2n) is 6.88. The maximum Gasteiger partial charge on any atom is 0.253 e. The van der Waals surface area contributed by atoms with Gasteiger partial charge in [0.1, 0.15) is 0 Å². The van der Waals surface area contributed by atoms with Gasteiger partial charge in [-0.15, -0.1) is 0 Å². The standard InChI is InChI=1S/C23H24N4O2/c1-27(2)21-11-10-19(26-22(28)13-17-7-4-3-5-8-17)14-20(21)23(29)25-16-18-9-6-12-24-15-18/h3-12,14-15H,13,16H2,1-2H3,(H,25,29)(H,26,28). The molecule has 0 spiro atoms. The van der Waals surface area contributed by atoms with Crippen molar-refractivity contribution in [1.82, 2.24) is 10.3 Å². The van der Waals surface area contributed by atoms with Gasteiger partial charge in [-0.1, -0.05) is 36.4 Å². The molecule has 1 aromatic heterocycles. The zero-order chi connectivity index (χ0) is 20.6. The molecule has 0 radical (unpaired) electrons. The van der Waals surface area contributed by atoms with E-state index in [9.17, 15) is 9.59 Å². The quantitative estimate of drug-likeness (QED) is 0.652. The molecule has 6 nitrogen and oxygen atoms in total. The first-order valence-corrected chi connectivity index (χ1v) is 9.35. The fraction of sp³-hybridized carbons (Fsp3) is 0.174. The van der Waals surface area contributed by atoms with Crippen molar-refractivity contribution in [2.24, 2.45) is 0 Å². The number of aromatic nitrogens is 1. The molecule has 2 amide bonds. The van der Waals surface area contributed by atoms with E-state index in [1.165, 1.54) is 0 Å². The number of nitrogens with one attached hydrogen (secondary N) is 2. The van der Waals surface area contributed by atoms with E-state index in [1.54, 1.807) is 24.5 Å². The summed E-state index contributed by atoms with van der Waals surface area (Å²) < 4.78 is 0. The lowest BCUT2D eigenvalue weighted by Gasteiger charge is -2.18. The van der Waals surface area contributed by atoms with Crippen molar-refractivity contribution in [1.29, 1.82) is 0 Å². The summed E-state index contributed by atoms with van der Waals surface area (Å²) in [6.45, 7) is 0.379. The molecule has 0 saturated heterocycles. The van der Waals surface area contributed by atoms with Crippen LogP contribution >= 0.6 is 0 Å². The predicted octanol–water partition coefficient (Wildman–Crippen LogP) is 3.26. The maximum atomic E-state index is 12.8. The van der Waals surface area contributed by atoms with Crippen LogP contribution in [-0.4, -0.2) is 30.9 Å². The molecule has 0 unspecified atom stereocenters. The first-order valence-electron chi connectivity index (χ1n) is 9.35. The van der Waals surface area contributed by atoms with Crippen LogP contribution in [0.25, 0.3) is 0 Å². The summed E-state index contributed by atoms with van der Waals surface area (Å²) in [6.07, 6.45) is 3.68. The summed E-state index contributed by atoms with van der Waals surface area (Å²) in [6, 6.07) is 18.6. The molecule has 148 valence electrons. The van der Waals surface area contributed by atoms with E-state index in [2.05, 4.69) is 15.6 Å². The highest BCUT2D eigenvalue weighted by Gasteiger charge is 2.15. The smallest absolute Gasteiger partial charge is 0.253 e. The number of rotatable bonds is 7. The van der Waals surface area contributed by atoms with Crippen LogP contribution in [0.15, 0.2) is 73.1 Å². The van der Waals surface area contributed by atoms with Crippen LogP contribution in [0.2, 0.25) is 0 Å². The molecule has 3 aromatic rings. The lowest BCUT2D eigenvalue weighted by molar-refractivity contribution is -0.115. The number of carbonyl (C=O) groups excluding carboxylic acids is 2. The van der Waals surface area contributed by atoms with Crippen LogP contribution < -0.4 is 15.5 Å². The zero-order valence-electron chi connectivity index (χ0n) is 16.6. The molecule has 0 saturated carbocycles. The third kappa shape index (κ3) is 5.65. The summed E-state index contributed by atoms with van der Waals surface area (Å²) in [5, 5.41) is 5.79. The number of carbonyl (C=O) groups is 2. The molecule has 0 bridgehead atoms. The van der Waals surface area contributed by atoms with Gasteiger partial charge in [0, 0.05) is 44.4 Å². The van der Waals surface area contributed by atoms with Crippen molar-refractivity contribution in [3.05, 3.63) is 89.7 Å². The summed E-state index contributed by atoms with van der Waals surface area (Å²) in [4.78, 5) is 31.1. The highest BCUT2D eigenvalue weighted by Crippen LogP contribution is 2.23. The van der Waals surface area contributed by atoms with Gasteiger partial charge in [0.25, 0.3) is 5.91 Å². The number of hydrogen-bond acceptors (Lipinski definition) is 4. The first kappa shape index (κ1) is 20.1. The highest BCUT2D eigenvalue weighted by atomic mass is 16.2. The third-order valence-corrected chi connectivity index (χ3v) is 4.39. The average Bonchev–Trinajstić information content (AvgIpc) is 2.73. The molecular formula is C23H24N4O2. The first-order chi connectivity index (χ1) is 14.0. The van der Waals surface area contributed by atoms with Crippen LogP contribution in [0.3, 0.4) is 0 Å². The number of benzene rings is 2. The number of anilines is 2. The SMILES string of the molecule is CN(C)c1ccc(NC(=O)Cc2ccccc2)cc1C(=O)NCc1cccnc1. The Kier molecular flexibility index (Phi) is 6.58. The molecule has 29 heavy (non-hydrogen) atoms.